The van der Waals surface area contributed by atoms with Crippen LogP contribution < -0.4 is 5.32 Å². The quantitative estimate of drug-likeness (QED) is 0.640. The first kappa shape index (κ1) is 16.9. The zero-order valence-electron chi connectivity index (χ0n) is 11.8. The minimum absolute atomic E-state index is 0.0875. The predicted octanol–water partition coefficient (Wildman–Crippen LogP) is 1.85. The van der Waals surface area contributed by atoms with Crippen molar-refractivity contribution in [2.24, 2.45) is 0 Å². The fourth-order valence-electron chi connectivity index (χ4n) is 1.76. The molecular formula is C13H16ClN3O4. The second kappa shape index (κ2) is 7.58. The number of rotatable bonds is 6. The summed E-state index contributed by atoms with van der Waals surface area (Å²) in [5.74, 6) is -0.892. The van der Waals surface area contributed by atoms with Crippen molar-refractivity contribution in [3.05, 3.63) is 38.9 Å². The maximum atomic E-state index is 12.4. The van der Waals surface area contributed by atoms with Gasteiger partial charge in [0, 0.05) is 24.2 Å². The second-order valence-electron chi connectivity index (χ2n) is 4.19. The van der Waals surface area contributed by atoms with E-state index in [0.717, 1.165) is 6.07 Å². The van der Waals surface area contributed by atoms with E-state index in [0.29, 0.717) is 6.54 Å². The first-order valence-corrected chi connectivity index (χ1v) is 6.78. The molecule has 0 unspecified atom stereocenters. The minimum atomic E-state index is -0.668. The summed E-state index contributed by atoms with van der Waals surface area (Å²) >= 11 is 5.71. The molecule has 0 aromatic heterocycles. The maximum Gasteiger partial charge on any atom is 0.283 e. The van der Waals surface area contributed by atoms with Gasteiger partial charge in [-0.05, 0) is 26.0 Å². The van der Waals surface area contributed by atoms with Crippen molar-refractivity contribution in [2.75, 3.05) is 19.6 Å². The first-order chi connectivity index (χ1) is 9.90. The van der Waals surface area contributed by atoms with Crippen LogP contribution in [0.25, 0.3) is 0 Å². The average molecular weight is 314 g/mol. The third-order valence-corrected chi connectivity index (χ3v) is 3.00. The van der Waals surface area contributed by atoms with E-state index < -0.39 is 10.8 Å². The molecule has 0 radical (unpaired) electrons. The Kier molecular flexibility index (Phi) is 6.10. The van der Waals surface area contributed by atoms with Gasteiger partial charge in [0.1, 0.15) is 5.56 Å². The molecule has 0 saturated carbocycles. The van der Waals surface area contributed by atoms with Crippen molar-refractivity contribution in [3.63, 3.8) is 0 Å². The van der Waals surface area contributed by atoms with Crippen LogP contribution in [-0.4, -0.2) is 41.3 Å². The molecule has 0 aliphatic carbocycles. The van der Waals surface area contributed by atoms with Gasteiger partial charge >= 0.3 is 0 Å². The van der Waals surface area contributed by atoms with Crippen LogP contribution in [0.5, 0.6) is 0 Å². The van der Waals surface area contributed by atoms with Gasteiger partial charge in [0.15, 0.2) is 0 Å². The van der Waals surface area contributed by atoms with Gasteiger partial charge in [0.25, 0.3) is 11.6 Å². The highest BCUT2D eigenvalue weighted by Gasteiger charge is 2.25. The van der Waals surface area contributed by atoms with E-state index in [9.17, 15) is 19.7 Å². The fraction of sp³-hybridized carbons (Fsp3) is 0.385. The Hall–Kier alpha value is -2.15. The zero-order valence-corrected chi connectivity index (χ0v) is 12.5. The number of amides is 2. The zero-order chi connectivity index (χ0) is 16.0. The molecule has 2 amide bonds. The predicted molar refractivity (Wildman–Crippen MR) is 78.4 cm³/mol. The van der Waals surface area contributed by atoms with Crippen LogP contribution in [-0.2, 0) is 4.79 Å². The monoisotopic (exact) mass is 313 g/mol. The Morgan fingerprint density at radius 3 is 2.57 bits per heavy atom. The van der Waals surface area contributed by atoms with Crippen LogP contribution in [0.1, 0.15) is 24.2 Å². The number of nitrogens with zero attached hydrogens (tertiary/aromatic N) is 2. The SMILES string of the molecule is CCNC(=O)CN(CC)C(=O)c1ccc(Cl)cc1[N+](=O)[O-]. The molecule has 0 aliphatic heterocycles. The minimum Gasteiger partial charge on any atom is -0.355 e. The summed E-state index contributed by atoms with van der Waals surface area (Å²) in [6, 6.07) is 3.82. The largest absolute Gasteiger partial charge is 0.355 e. The molecule has 8 heteroatoms. The lowest BCUT2D eigenvalue weighted by molar-refractivity contribution is -0.385. The van der Waals surface area contributed by atoms with Gasteiger partial charge in [-0.2, -0.15) is 0 Å². The number of carbonyl (C=O) groups excluding carboxylic acids is 2. The first-order valence-electron chi connectivity index (χ1n) is 6.40. The van der Waals surface area contributed by atoms with Crippen molar-refractivity contribution in [1.29, 1.82) is 0 Å². The molecule has 0 atom stereocenters. The third kappa shape index (κ3) is 4.42. The van der Waals surface area contributed by atoms with Gasteiger partial charge in [-0.25, -0.2) is 0 Å². The summed E-state index contributed by atoms with van der Waals surface area (Å²) in [6.45, 7) is 4.02. The Labute approximate surface area is 127 Å². The number of likely N-dealkylation sites (N-methyl/N-ethyl adjacent to an activating group) is 2. The van der Waals surface area contributed by atoms with Crippen LogP contribution in [0.15, 0.2) is 18.2 Å². The lowest BCUT2D eigenvalue weighted by atomic mass is 10.1. The van der Waals surface area contributed by atoms with E-state index in [2.05, 4.69) is 5.32 Å². The summed E-state index contributed by atoms with van der Waals surface area (Å²) in [7, 11) is 0. The van der Waals surface area contributed by atoms with E-state index in [1.54, 1.807) is 13.8 Å². The highest BCUT2D eigenvalue weighted by molar-refractivity contribution is 6.31. The summed E-state index contributed by atoms with van der Waals surface area (Å²) in [6.07, 6.45) is 0. The average Bonchev–Trinajstić information content (AvgIpc) is 2.44. The normalized spacial score (nSPS) is 10.0. The van der Waals surface area contributed by atoms with Crippen LogP contribution in [0.2, 0.25) is 5.02 Å². The highest BCUT2D eigenvalue weighted by atomic mass is 35.5. The van der Waals surface area contributed by atoms with E-state index in [1.165, 1.54) is 17.0 Å². The number of nitro groups is 1. The Balaban J connectivity index is 3.05. The van der Waals surface area contributed by atoms with Crippen molar-refractivity contribution >= 4 is 29.1 Å². The molecule has 1 aromatic rings. The summed E-state index contributed by atoms with van der Waals surface area (Å²) < 4.78 is 0. The van der Waals surface area contributed by atoms with Gasteiger partial charge in [0.05, 0.1) is 11.5 Å². The van der Waals surface area contributed by atoms with E-state index in [-0.39, 0.29) is 35.3 Å². The molecule has 1 rings (SSSR count). The van der Waals surface area contributed by atoms with Gasteiger partial charge in [0.2, 0.25) is 5.91 Å². The third-order valence-electron chi connectivity index (χ3n) is 2.76. The molecule has 7 nitrogen and oxygen atoms in total. The maximum absolute atomic E-state index is 12.4. The number of benzene rings is 1. The van der Waals surface area contributed by atoms with E-state index in [1.807, 2.05) is 0 Å². The van der Waals surface area contributed by atoms with Crippen LogP contribution >= 0.6 is 11.6 Å². The lowest BCUT2D eigenvalue weighted by Crippen LogP contribution is -2.40. The second-order valence-corrected chi connectivity index (χ2v) is 4.63. The standard InChI is InChI=1S/C13H16ClN3O4/c1-3-15-12(18)8-16(4-2)13(19)10-6-5-9(14)7-11(10)17(20)21/h5-7H,3-4,8H2,1-2H3,(H,15,18). The summed E-state index contributed by atoms with van der Waals surface area (Å²) in [4.78, 5) is 35.5. The smallest absolute Gasteiger partial charge is 0.283 e. The van der Waals surface area contributed by atoms with E-state index >= 15 is 0 Å². The van der Waals surface area contributed by atoms with Crippen LogP contribution in [0, 0.1) is 10.1 Å². The molecule has 0 spiro atoms. The Morgan fingerprint density at radius 1 is 1.38 bits per heavy atom. The Bertz CT molecular complexity index is 562. The molecule has 1 aromatic carbocycles. The lowest BCUT2D eigenvalue weighted by Gasteiger charge is -2.20. The van der Waals surface area contributed by atoms with Crippen LogP contribution in [0.3, 0.4) is 0 Å². The van der Waals surface area contributed by atoms with Gasteiger partial charge < -0.3 is 10.2 Å². The van der Waals surface area contributed by atoms with Gasteiger partial charge in [-0.15, -0.1) is 0 Å². The van der Waals surface area contributed by atoms with Crippen molar-refractivity contribution in [2.45, 2.75) is 13.8 Å². The Morgan fingerprint density at radius 2 is 2.05 bits per heavy atom. The molecule has 0 saturated heterocycles. The van der Waals surface area contributed by atoms with Gasteiger partial charge in [-0.1, -0.05) is 11.6 Å². The summed E-state index contributed by atoms with van der Waals surface area (Å²) in [5, 5.41) is 13.8. The van der Waals surface area contributed by atoms with Crippen molar-refractivity contribution < 1.29 is 14.5 Å². The highest BCUT2D eigenvalue weighted by Crippen LogP contribution is 2.24. The number of nitro benzene ring substituents is 1. The van der Waals surface area contributed by atoms with Crippen LogP contribution in [0.4, 0.5) is 5.69 Å². The van der Waals surface area contributed by atoms with Crippen molar-refractivity contribution in [3.8, 4) is 0 Å². The summed E-state index contributed by atoms with van der Waals surface area (Å²) in [5.41, 5.74) is -0.461. The number of halogens is 1. The van der Waals surface area contributed by atoms with Crippen molar-refractivity contribution in [1.82, 2.24) is 10.2 Å². The van der Waals surface area contributed by atoms with Gasteiger partial charge in [-0.3, -0.25) is 19.7 Å². The fourth-order valence-corrected chi connectivity index (χ4v) is 1.93. The molecule has 21 heavy (non-hydrogen) atoms. The molecule has 0 aliphatic rings. The molecule has 0 heterocycles. The number of hydrogen-bond acceptors (Lipinski definition) is 4. The van der Waals surface area contributed by atoms with E-state index in [4.69, 9.17) is 11.6 Å². The molecule has 114 valence electrons. The molecule has 0 fully saturated rings. The number of carbonyl (C=O) groups is 2. The molecule has 1 N–H and O–H groups in total. The molecular weight excluding hydrogens is 298 g/mol. The topological polar surface area (TPSA) is 92.6 Å². The number of nitrogens with one attached hydrogen (secondary N) is 1. The molecule has 0 bridgehead atoms. The number of hydrogen-bond donors (Lipinski definition) is 1.